The Labute approximate surface area is 134 Å². The number of thiazole rings is 1. The lowest BCUT2D eigenvalue weighted by Crippen LogP contribution is -2.35. The Morgan fingerprint density at radius 1 is 1.41 bits per heavy atom. The zero-order valence-corrected chi connectivity index (χ0v) is 13.5. The Bertz CT molecular complexity index is 636. The molecular formula is C17H20N2O2S. The van der Waals surface area contributed by atoms with E-state index in [4.69, 9.17) is 4.74 Å². The molecule has 1 aliphatic carbocycles. The molecule has 22 heavy (non-hydrogen) atoms. The highest BCUT2D eigenvalue weighted by molar-refractivity contribution is 7.09. The molecule has 1 aromatic carbocycles. The van der Waals surface area contributed by atoms with Crippen molar-refractivity contribution in [3.05, 3.63) is 45.9 Å². The number of aromatic nitrogens is 1. The molecule has 0 spiro atoms. The first kappa shape index (κ1) is 15.0. The second-order valence-corrected chi connectivity index (χ2v) is 6.49. The van der Waals surface area contributed by atoms with Crippen LogP contribution in [0.3, 0.4) is 0 Å². The number of aryl methyl sites for hydroxylation is 1. The molecule has 1 heterocycles. The van der Waals surface area contributed by atoms with Gasteiger partial charge in [0.15, 0.2) is 0 Å². The number of methoxy groups -OCH3 is 1. The third kappa shape index (κ3) is 3.47. The molecule has 0 saturated carbocycles. The molecule has 0 fully saturated rings. The standard InChI is InChI=1S/C17H20N2O2S/c1-21-14-5-2-12(3-6-14)8-9-18-17(20)13-4-7-15-16(10-13)22-11-19-15/h2-3,5-6,11,13H,4,7-10H2,1H3,(H,18,20). The van der Waals surface area contributed by atoms with E-state index in [1.807, 2.05) is 29.8 Å². The number of rotatable bonds is 5. The molecule has 0 bridgehead atoms. The van der Waals surface area contributed by atoms with Crippen LogP contribution >= 0.6 is 11.3 Å². The zero-order valence-electron chi connectivity index (χ0n) is 12.7. The molecule has 0 saturated heterocycles. The number of nitrogens with zero attached hydrogens (tertiary/aromatic N) is 1. The predicted octanol–water partition coefficient (Wildman–Crippen LogP) is 2.62. The van der Waals surface area contributed by atoms with Gasteiger partial charge >= 0.3 is 0 Å². The maximum atomic E-state index is 12.3. The number of benzene rings is 1. The van der Waals surface area contributed by atoms with E-state index in [-0.39, 0.29) is 11.8 Å². The number of amides is 1. The largest absolute Gasteiger partial charge is 0.497 e. The van der Waals surface area contributed by atoms with Crippen LogP contribution in [0.2, 0.25) is 0 Å². The molecule has 116 valence electrons. The molecule has 1 aromatic heterocycles. The van der Waals surface area contributed by atoms with Crippen molar-refractivity contribution in [1.29, 1.82) is 0 Å². The summed E-state index contributed by atoms with van der Waals surface area (Å²) < 4.78 is 5.14. The van der Waals surface area contributed by atoms with E-state index >= 15 is 0 Å². The maximum Gasteiger partial charge on any atom is 0.223 e. The number of hydrogen-bond acceptors (Lipinski definition) is 4. The minimum absolute atomic E-state index is 0.101. The van der Waals surface area contributed by atoms with Gasteiger partial charge in [-0.1, -0.05) is 12.1 Å². The summed E-state index contributed by atoms with van der Waals surface area (Å²) in [5.41, 5.74) is 4.27. The van der Waals surface area contributed by atoms with Gasteiger partial charge in [0.2, 0.25) is 5.91 Å². The Balaban J connectivity index is 1.46. The normalized spacial score (nSPS) is 16.9. The smallest absolute Gasteiger partial charge is 0.223 e. The molecule has 1 unspecified atom stereocenters. The van der Waals surface area contributed by atoms with Crippen molar-refractivity contribution < 1.29 is 9.53 Å². The number of ether oxygens (including phenoxy) is 1. The van der Waals surface area contributed by atoms with Crippen LogP contribution in [0.15, 0.2) is 29.8 Å². The first-order valence-electron chi connectivity index (χ1n) is 7.58. The van der Waals surface area contributed by atoms with E-state index in [9.17, 15) is 4.79 Å². The van der Waals surface area contributed by atoms with Crippen LogP contribution in [0, 0.1) is 5.92 Å². The van der Waals surface area contributed by atoms with E-state index < -0.39 is 0 Å². The highest BCUT2D eigenvalue weighted by Gasteiger charge is 2.25. The van der Waals surface area contributed by atoms with E-state index in [0.29, 0.717) is 6.54 Å². The van der Waals surface area contributed by atoms with Crippen LogP contribution in [-0.2, 0) is 24.1 Å². The van der Waals surface area contributed by atoms with Crippen molar-refractivity contribution in [3.8, 4) is 5.75 Å². The fraction of sp³-hybridized carbons (Fsp3) is 0.412. The van der Waals surface area contributed by atoms with E-state index in [2.05, 4.69) is 10.3 Å². The summed E-state index contributed by atoms with van der Waals surface area (Å²) in [6.07, 6.45) is 3.52. The first-order chi connectivity index (χ1) is 10.8. The van der Waals surface area contributed by atoms with Gasteiger partial charge in [-0.2, -0.15) is 0 Å². The van der Waals surface area contributed by atoms with Crippen LogP contribution in [0.25, 0.3) is 0 Å². The Morgan fingerprint density at radius 2 is 2.23 bits per heavy atom. The van der Waals surface area contributed by atoms with Crippen molar-refractivity contribution >= 4 is 17.2 Å². The average Bonchev–Trinajstić information content (AvgIpc) is 3.03. The lowest BCUT2D eigenvalue weighted by molar-refractivity contribution is -0.125. The molecule has 1 N–H and O–H groups in total. The number of nitrogens with one attached hydrogen (secondary N) is 1. The van der Waals surface area contributed by atoms with Gasteiger partial charge in [0.25, 0.3) is 0 Å². The highest BCUT2D eigenvalue weighted by Crippen LogP contribution is 2.27. The second-order valence-electron chi connectivity index (χ2n) is 5.55. The molecule has 0 radical (unpaired) electrons. The Hall–Kier alpha value is -1.88. The number of fused-ring (bicyclic) bond motifs is 1. The van der Waals surface area contributed by atoms with Gasteiger partial charge in [0.1, 0.15) is 5.75 Å². The number of carbonyl (C=O) groups excluding carboxylic acids is 1. The van der Waals surface area contributed by atoms with Crippen LogP contribution in [0.4, 0.5) is 0 Å². The molecule has 0 aliphatic heterocycles. The van der Waals surface area contributed by atoms with Crippen molar-refractivity contribution in [2.45, 2.75) is 25.7 Å². The third-order valence-electron chi connectivity index (χ3n) is 4.13. The molecule has 1 amide bonds. The molecule has 5 heteroatoms. The lowest BCUT2D eigenvalue weighted by atomic mass is 9.90. The van der Waals surface area contributed by atoms with Gasteiger partial charge in [0.05, 0.1) is 18.3 Å². The average molecular weight is 316 g/mol. The number of hydrogen-bond donors (Lipinski definition) is 1. The summed E-state index contributed by atoms with van der Waals surface area (Å²) in [4.78, 5) is 17.9. The Kier molecular flexibility index (Phi) is 4.73. The van der Waals surface area contributed by atoms with E-state index in [1.165, 1.54) is 16.1 Å². The molecule has 1 atom stereocenters. The van der Waals surface area contributed by atoms with Gasteiger partial charge < -0.3 is 10.1 Å². The fourth-order valence-electron chi connectivity index (χ4n) is 2.79. The quantitative estimate of drug-likeness (QED) is 0.922. The van der Waals surface area contributed by atoms with Gasteiger partial charge in [0, 0.05) is 17.3 Å². The predicted molar refractivity (Wildman–Crippen MR) is 87.3 cm³/mol. The summed E-state index contributed by atoms with van der Waals surface area (Å²) in [5.74, 6) is 1.13. The zero-order chi connectivity index (χ0) is 15.4. The summed E-state index contributed by atoms with van der Waals surface area (Å²) in [5, 5.41) is 3.07. The van der Waals surface area contributed by atoms with Crippen LogP contribution in [0.5, 0.6) is 5.75 Å². The van der Waals surface area contributed by atoms with E-state index in [0.717, 1.165) is 31.4 Å². The van der Waals surface area contributed by atoms with Crippen LogP contribution in [0.1, 0.15) is 22.6 Å². The molecule has 2 aromatic rings. The topological polar surface area (TPSA) is 51.2 Å². The maximum absolute atomic E-state index is 12.3. The molecule has 1 aliphatic rings. The second kappa shape index (κ2) is 6.92. The third-order valence-corrected chi connectivity index (χ3v) is 5.03. The van der Waals surface area contributed by atoms with Crippen molar-refractivity contribution in [2.24, 2.45) is 5.92 Å². The fourth-order valence-corrected chi connectivity index (χ4v) is 3.69. The SMILES string of the molecule is COc1ccc(CCNC(=O)C2CCc3ncsc3C2)cc1. The van der Waals surface area contributed by atoms with Gasteiger partial charge in [-0.3, -0.25) is 4.79 Å². The Morgan fingerprint density at radius 3 is 3.00 bits per heavy atom. The minimum Gasteiger partial charge on any atom is -0.497 e. The van der Waals surface area contributed by atoms with Gasteiger partial charge in [-0.25, -0.2) is 4.98 Å². The first-order valence-corrected chi connectivity index (χ1v) is 8.46. The summed E-state index contributed by atoms with van der Waals surface area (Å²) in [6, 6.07) is 7.97. The van der Waals surface area contributed by atoms with Crippen LogP contribution < -0.4 is 10.1 Å². The number of carbonyl (C=O) groups is 1. The molecule has 4 nitrogen and oxygen atoms in total. The lowest BCUT2D eigenvalue weighted by Gasteiger charge is -2.20. The highest BCUT2D eigenvalue weighted by atomic mass is 32.1. The summed E-state index contributed by atoms with van der Waals surface area (Å²) >= 11 is 1.67. The van der Waals surface area contributed by atoms with Crippen molar-refractivity contribution in [1.82, 2.24) is 10.3 Å². The molecule has 3 rings (SSSR count). The van der Waals surface area contributed by atoms with Gasteiger partial charge in [-0.15, -0.1) is 11.3 Å². The van der Waals surface area contributed by atoms with Gasteiger partial charge in [-0.05, 0) is 43.4 Å². The molecular weight excluding hydrogens is 296 g/mol. The van der Waals surface area contributed by atoms with E-state index in [1.54, 1.807) is 18.4 Å². The van der Waals surface area contributed by atoms with Crippen molar-refractivity contribution in [3.63, 3.8) is 0 Å². The van der Waals surface area contributed by atoms with Crippen molar-refractivity contribution in [2.75, 3.05) is 13.7 Å². The minimum atomic E-state index is 0.101. The monoisotopic (exact) mass is 316 g/mol. The summed E-state index contributed by atoms with van der Waals surface area (Å²) in [7, 11) is 1.66. The summed E-state index contributed by atoms with van der Waals surface area (Å²) in [6.45, 7) is 0.678. The van der Waals surface area contributed by atoms with Crippen LogP contribution in [-0.4, -0.2) is 24.5 Å².